The Bertz CT molecular complexity index is 931. The van der Waals surface area contributed by atoms with Gasteiger partial charge in [0.25, 0.3) is 20.2 Å². The summed E-state index contributed by atoms with van der Waals surface area (Å²) in [6, 6.07) is 2.31. The Balaban J connectivity index is 2.57. The van der Waals surface area contributed by atoms with Crippen LogP contribution < -0.4 is 5.32 Å². The minimum absolute atomic E-state index is 0.333. The molecule has 0 radical (unpaired) electrons. The highest BCUT2D eigenvalue weighted by molar-refractivity contribution is 7.86. The van der Waals surface area contributed by atoms with E-state index in [0.717, 1.165) is 18.5 Å². The summed E-state index contributed by atoms with van der Waals surface area (Å²) in [5, 5.41) is 2.28. The van der Waals surface area contributed by atoms with Crippen LogP contribution in [0.5, 0.6) is 0 Å². The van der Waals surface area contributed by atoms with Gasteiger partial charge in [-0.05, 0) is 18.2 Å². The van der Waals surface area contributed by atoms with E-state index in [1.54, 1.807) is 0 Å². The molecule has 22 heavy (non-hydrogen) atoms. The summed E-state index contributed by atoms with van der Waals surface area (Å²) < 4.78 is 75.5. The van der Waals surface area contributed by atoms with Crippen LogP contribution in [0.1, 0.15) is 0 Å². The largest absolute Gasteiger partial charge is 0.323 e. The van der Waals surface area contributed by atoms with Gasteiger partial charge in [0, 0.05) is 0 Å². The number of anilines is 2. The smallest absolute Gasteiger partial charge is 0.313 e. The standard InChI is InChI=1S/C9H7FN4O6S2/c10-8-11-4-12-9(14-8)13-6-2-1-5(21(15,16)17)3-7(6)22(18,19)20/h1-4H,(H,15,16,17)(H,18,19,20)(H,11,12,13,14). The molecule has 0 bridgehead atoms. The van der Waals surface area contributed by atoms with Gasteiger partial charge >= 0.3 is 6.08 Å². The number of benzene rings is 1. The molecule has 1 aromatic heterocycles. The van der Waals surface area contributed by atoms with Crippen LogP contribution in [0.15, 0.2) is 34.3 Å². The maximum absolute atomic E-state index is 12.8. The average Bonchev–Trinajstić information content (AvgIpc) is 2.36. The predicted molar refractivity (Wildman–Crippen MR) is 69.1 cm³/mol. The first kappa shape index (κ1) is 16.2. The topological polar surface area (TPSA) is 159 Å². The molecule has 0 fully saturated rings. The molecule has 2 rings (SSSR count). The van der Waals surface area contributed by atoms with Gasteiger partial charge in [-0.2, -0.15) is 31.2 Å². The van der Waals surface area contributed by atoms with Crippen molar-refractivity contribution in [3.05, 3.63) is 30.6 Å². The zero-order chi connectivity index (χ0) is 16.5. The zero-order valence-corrected chi connectivity index (χ0v) is 12.0. The Labute approximate surface area is 123 Å². The summed E-state index contributed by atoms with van der Waals surface area (Å²) in [5.41, 5.74) is -0.333. The van der Waals surface area contributed by atoms with Crippen molar-refractivity contribution in [2.45, 2.75) is 9.79 Å². The highest BCUT2D eigenvalue weighted by atomic mass is 32.2. The molecular formula is C9H7FN4O6S2. The Morgan fingerprint density at radius 2 is 1.73 bits per heavy atom. The lowest BCUT2D eigenvalue weighted by Gasteiger charge is -2.09. The van der Waals surface area contributed by atoms with Crippen molar-refractivity contribution in [1.82, 2.24) is 15.0 Å². The van der Waals surface area contributed by atoms with Crippen molar-refractivity contribution in [3.8, 4) is 0 Å². The Hall–Kier alpha value is -2.22. The van der Waals surface area contributed by atoms with Crippen LogP contribution in [-0.2, 0) is 20.2 Å². The molecule has 0 aliphatic carbocycles. The molecule has 0 saturated carbocycles. The Morgan fingerprint density at radius 3 is 2.27 bits per heavy atom. The zero-order valence-electron chi connectivity index (χ0n) is 10.4. The third-order valence-electron chi connectivity index (χ3n) is 2.32. The molecule has 0 spiro atoms. The Morgan fingerprint density at radius 1 is 1.05 bits per heavy atom. The second-order valence-corrected chi connectivity index (χ2v) is 6.62. The predicted octanol–water partition coefficient (Wildman–Crippen LogP) is 0.248. The van der Waals surface area contributed by atoms with E-state index in [-0.39, 0.29) is 11.6 Å². The number of hydrogen-bond acceptors (Lipinski definition) is 8. The van der Waals surface area contributed by atoms with Crippen molar-refractivity contribution in [2.75, 3.05) is 5.32 Å². The minimum atomic E-state index is -4.85. The van der Waals surface area contributed by atoms with E-state index in [9.17, 15) is 21.2 Å². The van der Waals surface area contributed by atoms with Gasteiger partial charge in [-0.25, -0.2) is 4.98 Å². The number of hydrogen-bond donors (Lipinski definition) is 3. The third kappa shape index (κ3) is 3.70. The second kappa shape index (κ2) is 5.53. The van der Waals surface area contributed by atoms with E-state index in [2.05, 4.69) is 20.3 Å². The average molecular weight is 350 g/mol. The first-order chi connectivity index (χ1) is 10.1. The van der Waals surface area contributed by atoms with Gasteiger partial charge in [-0.15, -0.1) is 0 Å². The van der Waals surface area contributed by atoms with Gasteiger partial charge in [-0.3, -0.25) is 9.11 Å². The van der Waals surface area contributed by atoms with E-state index in [1.165, 1.54) is 0 Å². The molecule has 0 amide bonds. The SMILES string of the molecule is O=S(=O)(O)c1ccc(Nc2ncnc(F)n2)c(S(=O)(=O)O)c1. The van der Waals surface area contributed by atoms with Crippen molar-refractivity contribution in [1.29, 1.82) is 0 Å². The van der Waals surface area contributed by atoms with Crippen molar-refractivity contribution in [2.24, 2.45) is 0 Å². The fraction of sp³-hybridized carbons (Fsp3) is 0. The van der Waals surface area contributed by atoms with Crippen molar-refractivity contribution in [3.63, 3.8) is 0 Å². The lowest BCUT2D eigenvalue weighted by Crippen LogP contribution is -2.08. The molecule has 2 aromatic rings. The van der Waals surface area contributed by atoms with Crippen LogP contribution in [0.3, 0.4) is 0 Å². The summed E-state index contributed by atoms with van der Waals surface area (Å²) in [6.07, 6.45) is -0.329. The van der Waals surface area contributed by atoms with Crippen LogP contribution >= 0.6 is 0 Å². The maximum atomic E-state index is 12.8. The molecule has 10 nitrogen and oxygen atoms in total. The molecule has 1 aromatic carbocycles. The summed E-state index contributed by atoms with van der Waals surface area (Å²) >= 11 is 0. The molecular weight excluding hydrogens is 343 g/mol. The highest BCUT2D eigenvalue weighted by Gasteiger charge is 2.21. The number of rotatable bonds is 4. The van der Waals surface area contributed by atoms with Crippen molar-refractivity contribution >= 4 is 31.9 Å². The fourth-order valence-electron chi connectivity index (χ4n) is 1.44. The third-order valence-corrected chi connectivity index (χ3v) is 4.06. The van der Waals surface area contributed by atoms with Gasteiger partial charge in [0.1, 0.15) is 11.2 Å². The van der Waals surface area contributed by atoms with E-state index in [4.69, 9.17) is 9.11 Å². The molecule has 13 heteroatoms. The number of aromatic nitrogens is 3. The molecule has 0 saturated heterocycles. The normalized spacial score (nSPS) is 12.1. The van der Waals surface area contributed by atoms with Crippen LogP contribution in [0.25, 0.3) is 0 Å². The van der Waals surface area contributed by atoms with Gasteiger partial charge in [-0.1, -0.05) is 0 Å². The summed E-state index contributed by atoms with van der Waals surface area (Å²) in [4.78, 5) is 8.19. The first-order valence-electron chi connectivity index (χ1n) is 5.28. The molecule has 3 N–H and O–H groups in total. The number of nitrogens with one attached hydrogen (secondary N) is 1. The quantitative estimate of drug-likeness (QED) is 0.652. The van der Waals surface area contributed by atoms with E-state index < -0.39 is 36.1 Å². The molecule has 0 aliphatic heterocycles. The fourth-order valence-corrected chi connectivity index (χ4v) is 2.69. The van der Waals surface area contributed by atoms with Gasteiger partial charge < -0.3 is 5.32 Å². The molecule has 0 atom stereocenters. The summed E-state index contributed by atoms with van der Waals surface area (Å²) in [6.45, 7) is 0. The van der Waals surface area contributed by atoms with Crippen LogP contribution in [0.2, 0.25) is 0 Å². The monoisotopic (exact) mass is 350 g/mol. The van der Waals surface area contributed by atoms with Gasteiger partial charge in [0.2, 0.25) is 5.95 Å². The van der Waals surface area contributed by atoms with Crippen LogP contribution in [0.4, 0.5) is 16.0 Å². The number of nitrogens with zero attached hydrogens (tertiary/aromatic N) is 3. The minimum Gasteiger partial charge on any atom is -0.323 e. The molecule has 118 valence electrons. The molecule has 0 unspecified atom stereocenters. The summed E-state index contributed by atoms with van der Waals surface area (Å²) in [5.74, 6) is -0.378. The second-order valence-electron chi connectivity index (χ2n) is 3.81. The number of halogens is 1. The van der Waals surface area contributed by atoms with E-state index in [1.807, 2.05) is 0 Å². The molecule has 1 heterocycles. The van der Waals surface area contributed by atoms with Crippen LogP contribution in [-0.4, -0.2) is 40.9 Å². The van der Waals surface area contributed by atoms with Gasteiger partial charge in [0.15, 0.2) is 0 Å². The van der Waals surface area contributed by atoms with Gasteiger partial charge in [0.05, 0.1) is 10.6 Å². The maximum Gasteiger partial charge on any atom is 0.313 e. The van der Waals surface area contributed by atoms with E-state index in [0.29, 0.717) is 6.07 Å². The van der Waals surface area contributed by atoms with Crippen molar-refractivity contribution < 1.29 is 30.3 Å². The lowest BCUT2D eigenvalue weighted by molar-refractivity contribution is 0.481. The van der Waals surface area contributed by atoms with E-state index >= 15 is 0 Å². The van der Waals surface area contributed by atoms with Crippen LogP contribution in [0, 0.1) is 6.08 Å². The molecule has 0 aliphatic rings. The highest BCUT2D eigenvalue weighted by Crippen LogP contribution is 2.26. The summed E-state index contributed by atoms with van der Waals surface area (Å²) in [7, 11) is -9.54. The Kier molecular flexibility index (Phi) is 4.06. The lowest BCUT2D eigenvalue weighted by atomic mass is 10.3. The first-order valence-corrected chi connectivity index (χ1v) is 8.16.